The van der Waals surface area contributed by atoms with Crippen molar-refractivity contribution in [3.8, 4) is 0 Å². The average Bonchev–Trinajstić information content (AvgIpc) is 2.18. The summed E-state index contributed by atoms with van der Waals surface area (Å²) in [5.74, 6) is -0.750. The molecule has 1 rings (SSSR count). The van der Waals surface area contributed by atoms with Gasteiger partial charge in [-0.2, -0.15) is 0 Å². The summed E-state index contributed by atoms with van der Waals surface area (Å²) in [6.45, 7) is 6.10. The van der Waals surface area contributed by atoms with Gasteiger partial charge in [-0.1, -0.05) is 38.1 Å². The van der Waals surface area contributed by atoms with E-state index >= 15 is 0 Å². The lowest BCUT2D eigenvalue weighted by Crippen LogP contribution is -2.35. The van der Waals surface area contributed by atoms with Crippen LogP contribution in [-0.4, -0.2) is 30.1 Å². The van der Waals surface area contributed by atoms with E-state index in [0.29, 0.717) is 0 Å². The molecule has 0 heterocycles. The summed E-state index contributed by atoms with van der Waals surface area (Å²) in [4.78, 5) is 13.1. The van der Waals surface area contributed by atoms with Crippen LogP contribution in [-0.2, 0) is 4.79 Å². The number of rotatable bonds is 5. The van der Waals surface area contributed by atoms with E-state index in [1.54, 1.807) is 0 Å². The lowest BCUT2D eigenvalue weighted by atomic mass is 9.76. The number of carboxylic acid groups (broad SMARTS) is 1. The number of hydrogen-bond acceptors (Lipinski definition) is 2. The second-order valence-electron chi connectivity index (χ2n) is 5.78. The van der Waals surface area contributed by atoms with Gasteiger partial charge in [0.15, 0.2) is 0 Å². The third kappa shape index (κ3) is 3.33. The maximum absolute atomic E-state index is 11.0. The molecule has 0 radical (unpaired) electrons. The molecule has 1 atom stereocenters. The van der Waals surface area contributed by atoms with Gasteiger partial charge in [-0.15, -0.1) is 0 Å². The fourth-order valence-electron chi connectivity index (χ4n) is 2.78. The van der Waals surface area contributed by atoms with Crippen molar-refractivity contribution in [2.24, 2.45) is 5.41 Å². The smallest absolute Gasteiger partial charge is 0.303 e. The largest absolute Gasteiger partial charge is 0.481 e. The molecule has 0 spiro atoms. The van der Waals surface area contributed by atoms with Gasteiger partial charge in [-0.25, -0.2) is 0 Å². The predicted octanol–water partition coefficient (Wildman–Crippen LogP) is 3.10. The Morgan fingerprint density at radius 1 is 1.33 bits per heavy atom. The first-order chi connectivity index (χ1) is 8.25. The molecule has 1 aromatic carbocycles. The van der Waals surface area contributed by atoms with Gasteiger partial charge in [-0.3, -0.25) is 4.79 Å². The van der Waals surface area contributed by atoms with Crippen molar-refractivity contribution in [1.29, 1.82) is 0 Å². The van der Waals surface area contributed by atoms with Crippen LogP contribution < -0.4 is 0 Å². The van der Waals surface area contributed by atoms with Crippen molar-refractivity contribution < 1.29 is 9.90 Å². The molecule has 0 aromatic heterocycles. The lowest BCUT2D eigenvalue weighted by molar-refractivity contribution is -0.140. The number of aryl methyl sites for hydroxylation is 1. The Labute approximate surface area is 109 Å². The van der Waals surface area contributed by atoms with Gasteiger partial charge in [-0.05, 0) is 37.6 Å². The first kappa shape index (κ1) is 14.7. The van der Waals surface area contributed by atoms with Crippen LogP contribution in [0.4, 0.5) is 0 Å². The zero-order chi connectivity index (χ0) is 13.9. The van der Waals surface area contributed by atoms with Crippen LogP contribution >= 0.6 is 0 Å². The Bertz CT molecular complexity index is 424. The van der Waals surface area contributed by atoms with E-state index < -0.39 is 5.97 Å². The molecule has 0 saturated heterocycles. The molecule has 0 bridgehead atoms. The maximum atomic E-state index is 11.0. The topological polar surface area (TPSA) is 40.5 Å². The van der Waals surface area contributed by atoms with Gasteiger partial charge in [0.2, 0.25) is 0 Å². The zero-order valence-electron chi connectivity index (χ0n) is 11.9. The Balaban J connectivity index is 3.19. The Morgan fingerprint density at radius 3 is 2.33 bits per heavy atom. The van der Waals surface area contributed by atoms with Gasteiger partial charge in [0.05, 0.1) is 6.42 Å². The highest BCUT2D eigenvalue weighted by molar-refractivity contribution is 5.67. The molecule has 3 heteroatoms. The van der Waals surface area contributed by atoms with Crippen LogP contribution in [0.2, 0.25) is 0 Å². The molecule has 0 fully saturated rings. The van der Waals surface area contributed by atoms with Crippen LogP contribution in [0.3, 0.4) is 0 Å². The van der Waals surface area contributed by atoms with Crippen LogP contribution in [0.15, 0.2) is 24.3 Å². The monoisotopic (exact) mass is 249 g/mol. The molecule has 0 aliphatic rings. The molecule has 1 unspecified atom stereocenters. The second-order valence-corrected chi connectivity index (χ2v) is 5.78. The van der Waals surface area contributed by atoms with E-state index in [9.17, 15) is 4.79 Å². The first-order valence-electron chi connectivity index (χ1n) is 6.19. The fourth-order valence-corrected chi connectivity index (χ4v) is 2.78. The Hall–Kier alpha value is -1.35. The normalized spacial score (nSPS) is 13.7. The van der Waals surface area contributed by atoms with Crippen LogP contribution in [0.5, 0.6) is 0 Å². The van der Waals surface area contributed by atoms with Crippen molar-refractivity contribution in [1.82, 2.24) is 4.90 Å². The Kier molecular flexibility index (Phi) is 4.52. The minimum Gasteiger partial charge on any atom is -0.481 e. The second kappa shape index (κ2) is 5.53. The lowest BCUT2D eigenvalue weighted by Gasteiger charge is -2.39. The zero-order valence-corrected chi connectivity index (χ0v) is 11.9. The number of aliphatic carboxylic acids is 1. The summed E-state index contributed by atoms with van der Waals surface area (Å²) in [6, 6.07) is 8.27. The van der Waals surface area contributed by atoms with Crippen LogP contribution in [0, 0.1) is 12.3 Å². The summed E-state index contributed by atoms with van der Waals surface area (Å²) in [7, 11) is 4.00. The van der Waals surface area contributed by atoms with Gasteiger partial charge in [0, 0.05) is 6.04 Å². The van der Waals surface area contributed by atoms with E-state index in [2.05, 4.69) is 24.0 Å². The van der Waals surface area contributed by atoms with E-state index in [0.717, 1.165) is 0 Å². The van der Waals surface area contributed by atoms with Crippen molar-refractivity contribution in [2.75, 3.05) is 14.1 Å². The highest BCUT2D eigenvalue weighted by Gasteiger charge is 2.35. The maximum Gasteiger partial charge on any atom is 0.303 e. The molecule has 0 amide bonds. The molecular weight excluding hydrogens is 226 g/mol. The highest BCUT2D eigenvalue weighted by atomic mass is 16.4. The minimum atomic E-state index is -0.750. The predicted molar refractivity (Wildman–Crippen MR) is 73.6 cm³/mol. The SMILES string of the molecule is Cc1ccccc1C(N(C)C)C(C)(C)CC(=O)O. The van der Waals surface area contributed by atoms with E-state index in [1.807, 2.05) is 40.1 Å². The first-order valence-corrected chi connectivity index (χ1v) is 6.19. The van der Waals surface area contributed by atoms with Gasteiger partial charge in [0.25, 0.3) is 0 Å². The van der Waals surface area contributed by atoms with Gasteiger partial charge >= 0.3 is 5.97 Å². The van der Waals surface area contributed by atoms with Gasteiger partial charge < -0.3 is 10.0 Å². The molecule has 0 saturated carbocycles. The van der Waals surface area contributed by atoms with Crippen molar-refractivity contribution in [3.63, 3.8) is 0 Å². The molecular formula is C15H23NO2. The molecule has 0 aliphatic heterocycles. The molecule has 1 aromatic rings. The number of carbonyl (C=O) groups is 1. The third-order valence-corrected chi connectivity index (χ3v) is 3.35. The number of nitrogens with zero attached hydrogens (tertiary/aromatic N) is 1. The summed E-state index contributed by atoms with van der Waals surface area (Å²) < 4.78 is 0. The molecule has 18 heavy (non-hydrogen) atoms. The number of benzene rings is 1. The van der Waals surface area contributed by atoms with E-state index in [4.69, 9.17) is 5.11 Å². The van der Waals surface area contributed by atoms with Crippen molar-refractivity contribution >= 4 is 5.97 Å². The summed E-state index contributed by atoms with van der Waals surface area (Å²) in [5, 5.41) is 9.08. The fraction of sp³-hybridized carbons (Fsp3) is 0.533. The summed E-state index contributed by atoms with van der Waals surface area (Å²) >= 11 is 0. The number of hydrogen-bond donors (Lipinski definition) is 1. The van der Waals surface area contributed by atoms with Crippen molar-refractivity contribution in [2.45, 2.75) is 33.2 Å². The molecule has 3 nitrogen and oxygen atoms in total. The number of carboxylic acids is 1. The molecule has 0 aliphatic carbocycles. The average molecular weight is 249 g/mol. The minimum absolute atomic E-state index is 0.0924. The summed E-state index contributed by atoms with van der Waals surface area (Å²) in [5.41, 5.74) is 2.09. The van der Waals surface area contributed by atoms with Gasteiger partial charge in [0.1, 0.15) is 0 Å². The quantitative estimate of drug-likeness (QED) is 0.871. The van der Waals surface area contributed by atoms with Crippen LogP contribution in [0.1, 0.15) is 37.4 Å². The summed E-state index contributed by atoms with van der Waals surface area (Å²) in [6.07, 6.45) is 0.157. The van der Waals surface area contributed by atoms with E-state index in [1.165, 1.54) is 11.1 Å². The third-order valence-electron chi connectivity index (χ3n) is 3.35. The standard InChI is InChI=1S/C15H23NO2/c1-11-8-6-7-9-12(11)14(16(4)5)15(2,3)10-13(17)18/h6-9,14H,10H2,1-5H3,(H,17,18). The van der Waals surface area contributed by atoms with E-state index in [-0.39, 0.29) is 17.9 Å². The molecule has 1 N–H and O–H groups in total. The van der Waals surface area contributed by atoms with Crippen molar-refractivity contribution in [3.05, 3.63) is 35.4 Å². The Morgan fingerprint density at radius 2 is 1.89 bits per heavy atom. The molecule has 100 valence electrons. The highest BCUT2D eigenvalue weighted by Crippen LogP contribution is 2.40. The van der Waals surface area contributed by atoms with Crippen LogP contribution in [0.25, 0.3) is 0 Å².